The molecule has 0 saturated carbocycles. The fraction of sp³-hybridized carbons (Fsp3) is 1.00. The Hall–Kier alpha value is -0.240. The molecule has 0 unspecified atom stereocenters. The van der Waals surface area contributed by atoms with E-state index in [-0.39, 0.29) is 0 Å². The van der Waals surface area contributed by atoms with E-state index in [1.165, 1.54) is 0 Å². The van der Waals surface area contributed by atoms with Crippen molar-refractivity contribution in [3.63, 3.8) is 0 Å². The van der Waals surface area contributed by atoms with E-state index >= 15 is 0 Å². The van der Waals surface area contributed by atoms with Gasteiger partial charge >= 0.3 is 0 Å². The summed E-state index contributed by atoms with van der Waals surface area (Å²) in [5.74, 6) is 0. The Bertz CT molecular complexity index is 198. The van der Waals surface area contributed by atoms with Crippen LogP contribution in [0.25, 0.3) is 0 Å². The van der Waals surface area contributed by atoms with Gasteiger partial charge in [-0.05, 0) is 6.42 Å². The first-order valence-corrected chi connectivity index (χ1v) is 5.54. The molecule has 1 saturated heterocycles. The minimum absolute atomic E-state index is 0.402. The summed E-state index contributed by atoms with van der Waals surface area (Å²) in [6.07, 6.45) is -4.13. The molecule has 0 spiro atoms. The minimum Gasteiger partial charge on any atom is -0.394 e. The highest BCUT2D eigenvalue weighted by molar-refractivity contribution is 4.88. The van der Waals surface area contributed by atoms with E-state index in [1.807, 2.05) is 6.92 Å². The van der Waals surface area contributed by atoms with Gasteiger partial charge in [-0.2, -0.15) is 0 Å². The van der Waals surface area contributed by atoms with E-state index in [1.54, 1.807) is 0 Å². The van der Waals surface area contributed by atoms with E-state index < -0.39 is 37.3 Å². The normalized spacial score (nSPS) is 39.9. The van der Waals surface area contributed by atoms with Gasteiger partial charge in [0.05, 0.1) is 6.61 Å². The fourth-order valence-corrected chi connectivity index (χ4v) is 1.55. The average Bonchev–Trinajstić information content (AvgIpc) is 2.29. The third kappa shape index (κ3) is 3.13. The number of ether oxygens (including phenoxy) is 2. The zero-order valence-electron chi connectivity index (χ0n) is 9.32. The number of unbranched alkanes of at least 4 members (excludes halogenated alkanes) is 1. The van der Waals surface area contributed by atoms with Gasteiger partial charge in [0.25, 0.3) is 0 Å². The molecule has 1 fully saturated rings. The molecule has 1 aliphatic heterocycles. The van der Waals surface area contributed by atoms with Gasteiger partial charge in [0.15, 0.2) is 6.29 Å². The van der Waals surface area contributed by atoms with E-state index in [4.69, 9.17) is 14.6 Å². The Morgan fingerprint density at radius 1 is 1.12 bits per heavy atom. The second-order valence-corrected chi connectivity index (χ2v) is 3.92. The summed E-state index contributed by atoms with van der Waals surface area (Å²) in [5.41, 5.74) is 0. The van der Waals surface area contributed by atoms with Crippen LogP contribution < -0.4 is 0 Å². The highest BCUT2D eigenvalue weighted by Crippen LogP contribution is 2.21. The Kier molecular flexibility index (Phi) is 5.60. The van der Waals surface area contributed by atoms with Crippen LogP contribution in [0.15, 0.2) is 0 Å². The molecule has 6 nitrogen and oxygen atoms in total. The van der Waals surface area contributed by atoms with Gasteiger partial charge in [-0.15, -0.1) is 0 Å². The van der Waals surface area contributed by atoms with E-state index in [0.29, 0.717) is 6.61 Å². The summed E-state index contributed by atoms with van der Waals surface area (Å²) in [6.45, 7) is 1.97. The van der Waals surface area contributed by atoms with Crippen LogP contribution in [0.5, 0.6) is 0 Å². The first kappa shape index (κ1) is 13.8. The standard InChI is InChI=1S/C10H20O6/c1-2-3-4-15-10-9(14)8(13)7(12)6(5-11)16-10/h6-14H,2-5H2,1H3/t6-,7-,8+,9-,10+/m1/s1. The summed E-state index contributed by atoms with van der Waals surface area (Å²) in [7, 11) is 0. The lowest BCUT2D eigenvalue weighted by Crippen LogP contribution is -2.59. The zero-order valence-corrected chi connectivity index (χ0v) is 9.32. The molecule has 0 aromatic rings. The molecule has 0 amide bonds. The monoisotopic (exact) mass is 236 g/mol. The van der Waals surface area contributed by atoms with Gasteiger partial charge < -0.3 is 29.9 Å². The van der Waals surface area contributed by atoms with E-state index in [0.717, 1.165) is 12.8 Å². The third-order valence-corrected chi connectivity index (χ3v) is 2.63. The first-order valence-electron chi connectivity index (χ1n) is 5.54. The average molecular weight is 236 g/mol. The second-order valence-electron chi connectivity index (χ2n) is 3.92. The van der Waals surface area contributed by atoms with Crippen LogP contribution in [0.1, 0.15) is 19.8 Å². The molecule has 1 aliphatic rings. The SMILES string of the molecule is CCCCO[C@H]1O[C@H](CO)[C@@H](O)[C@H](O)[C@H]1O. The molecule has 1 rings (SSSR count). The molecule has 0 bridgehead atoms. The molecule has 0 aliphatic carbocycles. The van der Waals surface area contributed by atoms with Crippen LogP contribution in [-0.2, 0) is 9.47 Å². The number of rotatable bonds is 5. The van der Waals surface area contributed by atoms with E-state index in [2.05, 4.69) is 0 Å². The Morgan fingerprint density at radius 2 is 1.81 bits per heavy atom. The van der Waals surface area contributed by atoms with Gasteiger partial charge in [0.2, 0.25) is 0 Å². The van der Waals surface area contributed by atoms with Crippen molar-refractivity contribution in [1.82, 2.24) is 0 Å². The molecule has 16 heavy (non-hydrogen) atoms. The molecule has 0 aromatic heterocycles. The Balaban J connectivity index is 2.50. The van der Waals surface area contributed by atoms with Gasteiger partial charge in [0, 0.05) is 6.61 Å². The summed E-state index contributed by atoms with van der Waals surface area (Å²) < 4.78 is 10.4. The smallest absolute Gasteiger partial charge is 0.186 e. The first-order chi connectivity index (χ1) is 7.61. The molecule has 1 heterocycles. The predicted octanol–water partition coefficient (Wildman–Crippen LogP) is -1.40. The number of aliphatic hydroxyl groups excluding tert-OH is 4. The number of aliphatic hydroxyl groups is 4. The minimum atomic E-state index is -1.36. The van der Waals surface area contributed by atoms with Crippen molar-refractivity contribution >= 4 is 0 Å². The van der Waals surface area contributed by atoms with Gasteiger partial charge in [-0.1, -0.05) is 13.3 Å². The third-order valence-electron chi connectivity index (χ3n) is 2.63. The maximum absolute atomic E-state index is 9.58. The molecule has 96 valence electrons. The van der Waals surface area contributed by atoms with Crippen LogP contribution in [0.3, 0.4) is 0 Å². The quantitative estimate of drug-likeness (QED) is 0.438. The largest absolute Gasteiger partial charge is 0.394 e. The molecule has 0 aromatic carbocycles. The van der Waals surface area contributed by atoms with Gasteiger partial charge in [0.1, 0.15) is 24.4 Å². The highest BCUT2D eigenvalue weighted by atomic mass is 16.7. The Morgan fingerprint density at radius 3 is 2.38 bits per heavy atom. The lowest BCUT2D eigenvalue weighted by molar-refractivity contribution is -0.301. The predicted molar refractivity (Wildman–Crippen MR) is 54.6 cm³/mol. The van der Waals surface area contributed by atoms with Crippen LogP contribution >= 0.6 is 0 Å². The molecular formula is C10H20O6. The molecular weight excluding hydrogens is 216 g/mol. The molecule has 6 heteroatoms. The van der Waals surface area contributed by atoms with Crippen LogP contribution in [0.4, 0.5) is 0 Å². The maximum atomic E-state index is 9.58. The van der Waals surface area contributed by atoms with Crippen molar-refractivity contribution in [2.24, 2.45) is 0 Å². The van der Waals surface area contributed by atoms with Crippen LogP contribution in [-0.4, -0.2) is 64.3 Å². The van der Waals surface area contributed by atoms with Crippen molar-refractivity contribution < 1.29 is 29.9 Å². The lowest BCUT2D eigenvalue weighted by Gasteiger charge is -2.39. The van der Waals surface area contributed by atoms with Crippen molar-refractivity contribution in [2.45, 2.75) is 50.5 Å². The molecule has 4 N–H and O–H groups in total. The maximum Gasteiger partial charge on any atom is 0.186 e. The van der Waals surface area contributed by atoms with E-state index in [9.17, 15) is 15.3 Å². The summed E-state index contributed by atoms with van der Waals surface area (Å²) >= 11 is 0. The van der Waals surface area contributed by atoms with Crippen molar-refractivity contribution in [3.8, 4) is 0 Å². The van der Waals surface area contributed by atoms with Crippen molar-refractivity contribution in [1.29, 1.82) is 0 Å². The van der Waals surface area contributed by atoms with Crippen molar-refractivity contribution in [3.05, 3.63) is 0 Å². The Labute approximate surface area is 94.4 Å². The van der Waals surface area contributed by atoms with Gasteiger partial charge in [-0.3, -0.25) is 0 Å². The fourth-order valence-electron chi connectivity index (χ4n) is 1.55. The zero-order chi connectivity index (χ0) is 12.1. The summed E-state index contributed by atoms with van der Waals surface area (Å²) in [5, 5.41) is 37.5. The highest BCUT2D eigenvalue weighted by Gasteiger charge is 2.43. The van der Waals surface area contributed by atoms with Crippen LogP contribution in [0.2, 0.25) is 0 Å². The molecule has 5 atom stereocenters. The second kappa shape index (κ2) is 6.48. The van der Waals surface area contributed by atoms with Crippen molar-refractivity contribution in [2.75, 3.05) is 13.2 Å². The number of hydrogen-bond acceptors (Lipinski definition) is 6. The summed E-state index contributed by atoms with van der Waals surface area (Å²) in [4.78, 5) is 0. The lowest BCUT2D eigenvalue weighted by atomic mass is 9.99. The summed E-state index contributed by atoms with van der Waals surface area (Å²) in [6, 6.07) is 0. The molecule has 0 radical (unpaired) electrons. The van der Waals surface area contributed by atoms with Gasteiger partial charge in [-0.25, -0.2) is 0 Å². The topological polar surface area (TPSA) is 99.4 Å². The van der Waals surface area contributed by atoms with Crippen LogP contribution in [0, 0.1) is 0 Å². The number of hydrogen-bond donors (Lipinski definition) is 4.